The van der Waals surface area contributed by atoms with Crippen LogP contribution in [0.5, 0.6) is 0 Å². The second kappa shape index (κ2) is 3.90. The highest BCUT2D eigenvalue weighted by molar-refractivity contribution is 5.94. The van der Waals surface area contributed by atoms with Crippen LogP contribution in [0, 0.1) is 0 Å². The van der Waals surface area contributed by atoms with Gasteiger partial charge < -0.3 is 15.5 Å². The van der Waals surface area contributed by atoms with Crippen LogP contribution < -0.4 is 5.32 Å². The molecule has 3 N–H and O–H groups in total. The number of nitrogens with one attached hydrogen (secondary N) is 1. The molecule has 80 valence electrons. The number of carboxylic acids is 1. The predicted octanol–water partition coefficient (Wildman–Crippen LogP) is 1.32. The number of aliphatic hydroxyl groups is 1. The molecular formula is C11H13NO3. The molecule has 1 aliphatic rings. The first-order valence-electron chi connectivity index (χ1n) is 4.93. The smallest absolute Gasteiger partial charge is 0.337 e. The van der Waals surface area contributed by atoms with E-state index in [9.17, 15) is 4.79 Å². The monoisotopic (exact) mass is 207 g/mol. The minimum absolute atomic E-state index is 0.195. The van der Waals surface area contributed by atoms with Crippen LogP contribution in [0.4, 0.5) is 5.69 Å². The number of aromatic carboxylic acids is 1. The van der Waals surface area contributed by atoms with E-state index in [0.29, 0.717) is 18.5 Å². The van der Waals surface area contributed by atoms with E-state index in [0.717, 1.165) is 0 Å². The Kier molecular flexibility index (Phi) is 2.60. The molecule has 1 aliphatic carbocycles. The summed E-state index contributed by atoms with van der Waals surface area (Å²) in [5.41, 5.74) is 0.904. The fourth-order valence-corrected chi connectivity index (χ4v) is 1.72. The molecule has 0 bridgehead atoms. The zero-order valence-corrected chi connectivity index (χ0v) is 8.18. The predicted molar refractivity (Wildman–Crippen MR) is 56.1 cm³/mol. The minimum Gasteiger partial charge on any atom is -0.478 e. The molecule has 0 unspecified atom stereocenters. The Morgan fingerprint density at radius 2 is 2.00 bits per heavy atom. The highest BCUT2D eigenvalue weighted by Gasteiger charge is 2.27. The van der Waals surface area contributed by atoms with E-state index < -0.39 is 5.97 Å². The average molecular weight is 207 g/mol. The van der Waals surface area contributed by atoms with Gasteiger partial charge in [-0.15, -0.1) is 0 Å². The highest BCUT2D eigenvalue weighted by Crippen LogP contribution is 2.25. The summed E-state index contributed by atoms with van der Waals surface area (Å²) in [6.45, 7) is 0. The third-order valence-corrected chi connectivity index (χ3v) is 2.63. The Morgan fingerprint density at radius 1 is 1.33 bits per heavy atom. The van der Waals surface area contributed by atoms with E-state index in [1.807, 2.05) is 0 Å². The molecule has 1 aromatic rings. The lowest BCUT2D eigenvalue weighted by molar-refractivity contribution is 0.0697. The summed E-state index contributed by atoms with van der Waals surface area (Å²) in [7, 11) is 0. The zero-order chi connectivity index (χ0) is 10.8. The standard InChI is InChI=1S/C11H13NO3/c13-8-5-7(6-8)12-10-4-2-1-3-9(10)11(14)15/h1-4,7-8,12-13H,5-6H2,(H,14,15). The van der Waals surface area contributed by atoms with Crippen molar-refractivity contribution in [3.05, 3.63) is 29.8 Å². The number of carbonyl (C=O) groups is 1. The molecule has 0 amide bonds. The van der Waals surface area contributed by atoms with E-state index >= 15 is 0 Å². The number of rotatable bonds is 3. The van der Waals surface area contributed by atoms with Crippen molar-refractivity contribution in [1.82, 2.24) is 0 Å². The number of para-hydroxylation sites is 1. The Balaban J connectivity index is 2.10. The zero-order valence-electron chi connectivity index (χ0n) is 8.18. The lowest BCUT2D eigenvalue weighted by Gasteiger charge is -2.33. The van der Waals surface area contributed by atoms with Crippen LogP contribution in [-0.2, 0) is 0 Å². The summed E-state index contributed by atoms with van der Waals surface area (Å²) in [4.78, 5) is 10.9. The molecule has 1 saturated carbocycles. The average Bonchev–Trinajstić information content (AvgIpc) is 2.16. The number of carboxylic acid groups (broad SMARTS) is 1. The summed E-state index contributed by atoms with van der Waals surface area (Å²) in [6.07, 6.45) is 1.14. The second-order valence-corrected chi connectivity index (χ2v) is 3.82. The topological polar surface area (TPSA) is 69.6 Å². The number of benzene rings is 1. The van der Waals surface area contributed by atoms with Crippen molar-refractivity contribution in [2.45, 2.75) is 25.0 Å². The van der Waals surface area contributed by atoms with Crippen molar-refractivity contribution in [2.75, 3.05) is 5.32 Å². The molecule has 0 aromatic heterocycles. The third kappa shape index (κ3) is 2.10. The number of hydrogen-bond acceptors (Lipinski definition) is 3. The highest BCUT2D eigenvalue weighted by atomic mass is 16.4. The van der Waals surface area contributed by atoms with Gasteiger partial charge in [0.05, 0.1) is 11.7 Å². The van der Waals surface area contributed by atoms with Crippen LogP contribution in [0.2, 0.25) is 0 Å². The Bertz CT molecular complexity index is 372. The maximum Gasteiger partial charge on any atom is 0.337 e. The number of aliphatic hydroxyl groups excluding tert-OH is 1. The Hall–Kier alpha value is -1.55. The lowest BCUT2D eigenvalue weighted by Crippen LogP contribution is -2.39. The van der Waals surface area contributed by atoms with Gasteiger partial charge in [-0.1, -0.05) is 12.1 Å². The summed E-state index contributed by atoms with van der Waals surface area (Å²) in [5.74, 6) is -0.932. The van der Waals surface area contributed by atoms with Crippen molar-refractivity contribution in [1.29, 1.82) is 0 Å². The fraction of sp³-hybridized carbons (Fsp3) is 0.364. The van der Waals surface area contributed by atoms with E-state index in [-0.39, 0.29) is 17.7 Å². The summed E-state index contributed by atoms with van der Waals surface area (Å²) in [5, 5.41) is 21.2. The van der Waals surface area contributed by atoms with Crippen LogP contribution in [0.1, 0.15) is 23.2 Å². The van der Waals surface area contributed by atoms with Crippen LogP contribution in [0.25, 0.3) is 0 Å². The molecule has 1 fully saturated rings. The van der Waals surface area contributed by atoms with E-state index in [1.54, 1.807) is 24.3 Å². The van der Waals surface area contributed by atoms with E-state index in [4.69, 9.17) is 10.2 Å². The van der Waals surface area contributed by atoms with Crippen molar-refractivity contribution in [3.8, 4) is 0 Å². The van der Waals surface area contributed by atoms with E-state index in [1.165, 1.54) is 0 Å². The van der Waals surface area contributed by atoms with E-state index in [2.05, 4.69) is 5.32 Å². The molecule has 0 radical (unpaired) electrons. The molecule has 0 heterocycles. The molecule has 4 heteroatoms. The minimum atomic E-state index is -0.932. The molecule has 2 rings (SSSR count). The van der Waals surface area contributed by atoms with Gasteiger partial charge in [-0.05, 0) is 25.0 Å². The van der Waals surface area contributed by atoms with Gasteiger partial charge in [0, 0.05) is 11.7 Å². The molecule has 15 heavy (non-hydrogen) atoms. The maximum atomic E-state index is 10.9. The summed E-state index contributed by atoms with van der Waals surface area (Å²) < 4.78 is 0. The Labute approximate surface area is 87.6 Å². The van der Waals surface area contributed by atoms with Gasteiger partial charge in [-0.25, -0.2) is 4.79 Å². The number of hydrogen-bond donors (Lipinski definition) is 3. The van der Waals surface area contributed by atoms with Crippen LogP contribution >= 0.6 is 0 Å². The molecule has 0 aliphatic heterocycles. The normalized spacial score (nSPS) is 24.3. The quantitative estimate of drug-likeness (QED) is 0.699. The van der Waals surface area contributed by atoms with Crippen molar-refractivity contribution < 1.29 is 15.0 Å². The van der Waals surface area contributed by atoms with Gasteiger partial charge in [0.15, 0.2) is 0 Å². The Morgan fingerprint density at radius 3 is 2.60 bits per heavy atom. The second-order valence-electron chi connectivity index (χ2n) is 3.82. The summed E-state index contributed by atoms with van der Waals surface area (Å²) >= 11 is 0. The molecule has 0 saturated heterocycles. The fourth-order valence-electron chi connectivity index (χ4n) is 1.72. The van der Waals surface area contributed by atoms with Gasteiger partial charge >= 0.3 is 5.97 Å². The molecule has 4 nitrogen and oxygen atoms in total. The molecule has 1 aromatic carbocycles. The van der Waals surface area contributed by atoms with Gasteiger partial charge in [-0.2, -0.15) is 0 Å². The van der Waals surface area contributed by atoms with Gasteiger partial charge in [-0.3, -0.25) is 0 Å². The van der Waals surface area contributed by atoms with Gasteiger partial charge in [0.2, 0.25) is 0 Å². The van der Waals surface area contributed by atoms with Crippen LogP contribution in [0.15, 0.2) is 24.3 Å². The first-order chi connectivity index (χ1) is 7.16. The largest absolute Gasteiger partial charge is 0.478 e. The van der Waals surface area contributed by atoms with Crippen molar-refractivity contribution in [3.63, 3.8) is 0 Å². The summed E-state index contributed by atoms with van der Waals surface area (Å²) in [6, 6.07) is 7.00. The number of anilines is 1. The van der Waals surface area contributed by atoms with Crippen molar-refractivity contribution >= 4 is 11.7 Å². The van der Waals surface area contributed by atoms with Gasteiger partial charge in [0.1, 0.15) is 0 Å². The third-order valence-electron chi connectivity index (χ3n) is 2.63. The first-order valence-corrected chi connectivity index (χ1v) is 4.93. The molecular weight excluding hydrogens is 194 g/mol. The van der Waals surface area contributed by atoms with Crippen molar-refractivity contribution in [2.24, 2.45) is 0 Å². The SMILES string of the molecule is O=C(O)c1ccccc1NC1CC(O)C1. The lowest BCUT2D eigenvalue weighted by atomic mass is 9.89. The van der Waals surface area contributed by atoms with Crippen LogP contribution in [-0.4, -0.2) is 28.3 Å². The van der Waals surface area contributed by atoms with Gasteiger partial charge in [0.25, 0.3) is 0 Å². The molecule has 0 atom stereocenters. The maximum absolute atomic E-state index is 10.9. The molecule has 0 spiro atoms. The van der Waals surface area contributed by atoms with Crippen LogP contribution in [0.3, 0.4) is 0 Å². The first kappa shape index (κ1) is 9.98.